The predicted octanol–water partition coefficient (Wildman–Crippen LogP) is 2.49. The van der Waals surface area contributed by atoms with Crippen LogP contribution in [0, 0.1) is 0 Å². The second-order valence-corrected chi connectivity index (χ2v) is 3.50. The van der Waals surface area contributed by atoms with E-state index >= 15 is 0 Å². The first-order valence-corrected chi connectivity index (χ1v) is 5.12. The Kier molecular flexibility index (Phi) is 4.44. The Morgan fingerprint density at radius 3 is 2.33 bits per heavy atom. The van der Waals surface area contributed by atoms with Crippen LogP contribution < -0.4 is 0 Å². The first-order valence-electron chi connectivity index (χ1n) is 4.58. The van der Waals surface area contributed by atoms with E-state index < -0.39 is 0 Å². The highest BCUT2D eigenvalue weighted by Gasteiger charge is 2.15. The van der Waals surface area contributed by atoms with Crippen LogP contribution in [0.1, 0.15) is 38.5 Å². The molecule has 0 aromatic carbocycles. The Morgan fingerprint density at radius 1 is 1.25 bits per heavy atom. The van der Waals surface area contributed by atoms with E-state index in [1.807, 2.05) is 0 Å². The van der Waals surface area contributed by atoms with Gasteiger partial charge in [0.15, 0.2) is 0 Å². The van der Waals surface area contributed by atoms with E-state index in [9.17, 15) is 4.79 Å². The summed E-state index contributed by atoms with van der Waals surface area (Å²) in [7, 11) is 0. The van der Waals surface area contributed by atoms with Crippen molar-refractivity contribution in [1.82, 2.24) is 0 Å². The number of hydrogen-bond acceptors (Lipinski definition) is 2. The smallest absolute Gasteiger partial charge is 0.321 e. The van der Waals surface area contributed by atoms with Crippen molar-refractivity contribution in [3.05, 3.63) is 0 Å². The lowest BCUT2D eigenvalue weighted by Crippen LogP contribution is -2.18. The van der Waals surface area contributed by atoms with Crippen molar-refractivity contribution in [3.8, 4) is 0 Å². The van der Waals surface area contributed by atoms with E-state index in [0.29, 0.717) is 0 Å². The van der Waals surface area contributed by atoms with Crippen LogP contribution in [0.25, 0.3) is 0 Å². The Balaban J connectivity index is 2.24. The zero-order valence-electron chi connectivity index (χ0n) is 7.22. The van der Waals surface area contributed by atoms with Crippen molar-refractivity contribution in [1.29, 1.82) is 0 Å². The van der Waals surface area contributed by atoms with E-state index in [4.69, 9.17) is 16.3 Å². The Morgan fingerprint density at radius 2 is 1.83 bits per heavy atom. The minimum absolute atomic E-state index is 0.0174. The number of ether oxygens (including phenoxy) is 1. The lowest BCUT2D eigenvalue weighted by Gasteiger charge is -2.13. The Hall–Kier alpha value is -0.240. The number of esters is 1. The van der Waals surface area contributed by atoms with Crippen LogP contribution in [0.4, 0.5) is 0 Å². The first-order chi connectivity index (χ1) is 5.83. The number of rotatable bonds is 2. The van der Waals surface area contributed by atoms with E-state index in [2.05, 4.69) is 0 Å². The summed E-state index contributed by atoms with van der Waals surface area (Å²) in [5.41, 5.74) is 0. The molecule has 0 aliphatic heterocycles. The topological polar surface area (TPSA) is 26.3 Å². The Labute approximate surface area is 78.2 Å². The Bertz CT molecular complexity index is 139. The number of carbonyl (C=O) groups excluding carboxylic acids is 1. The summed E-state index contributed by atoms with van der Waals surface area (Å²) in [5, 5.41) is 0. The van der Waals surface area contributed by atoms with E-state index in [1.165, 1.54) is 25.7 Å². The van der Waals surface area contributed by atoms with Gasteiger partial charge < -0.3 is 4.74 Å². The molecule has 1 aliphatic carbocycles. The monoisotopic (exact) mass is 190 g/mol. The largest absolute Gasteiger partial charge is 0.461 e. The van der Waals surface area contributed by atoms with Crippen LogP contribution in [0.2, 0.25) is 0 Å². The normalized spacial score (nSPS) is 20.1. The molecule has 0 spiro atoms. The fraction of sp³-hybridized carbons (Fsp3) is 0.889. The zero-order chi connectivity index (χ0) is 8.81. The number of alkyl halides is 1. The van der Waals surface area contributed by atoms with Gasteiger partial charge in [-0.1, -0.05) is 12.8 Å². The standard InChI is InChI=1S/C9H15ClO2/c10-7-9(11)12-8-5-3-1-2-4-6-8/h8H,1-7H2. The van der Waals surface area contributed by atoms with E-state index in [0.717, 1.165) is 12.8 Å². The molecular weight excluding hydrogens is 176 g/mol. The summed E-state index contributed by atoms with van der Waals surface area (Å²) in [6, 6.07) is 0. The van der Waals surface area contributed by atoms with Crippen LogP contribution in [0.15, 0.2) is 0 Å². The van der Waals surface area contributed by atoms with Crippen molar-refractivity contribution in [3.63, 3.8) is 0 Å². The summed E-state index contributed by atoms with van der Waals surface area (Å²) in [6.45, 7) is 0. The molecule has 1 aliphatic rings. The highest BCUT2D eigenvalue weighted by molar-refractivity contribution is 6.26. The van der Waals surface area contributed by atoms with E-state index in [1.54, 1.807) is 0 Å². The van der Waals surface area contributed by atoms with Gasteiger partial charge >= 0.3 is 5.97 Å². The molecule has 0 amide bonds. The van der Waals surface area contributed by atoms with E-state index in [-0.39, 0.29) is 18.0 Å². The molecule has 0 atom stereocenters. The van der Waals surface area contributed by atoms with Crippen molar-refractivity contribution in [2.24, 2.45) is 0 Å². The maximum absolute atomic E-state index is 10.8. The van der Waals surface area contributed by atoms with Gasteiger partial charge in [0.1, 0.15) is 12.0 Å². The molecule has 3 heteroatoms. The van der Waals surface area contributed by atoms with Crippen LogP contribution in [0.3, 0.4) is 0 Å². The van der Waals surface area contributed by atoms with Crippen molar-refractivity contribution in [2.45, 2.75) is 44.6 Å². The highest BCUT2D eigenvalue weighted by Crippen LogP contribution is 2.19. The van der Waals surface area contributed by atoms with Crippen LogP contribution in [0.5, 0.6) is 0 Å². The molecule has 2 nitrogen and oxygen atoms in total. The summed E-state index contributed by atoms with van der Waals surface area (Å²) < 4.78 is 5.15. The van der Waals surface area contributed by atoms with Gasteiger partial charge in [0.2, 0.25) is 0 Å². The SMILES string of the molecule is O=C(CCl)OC1CCCCCC1. The van der Waals surface area contributed by atoms with Gasteiger partial charge in [-0.2, -0.15) is 0 Å². The third kappa shape index (κ3) is 3.44. The third-order valence-corrected chi connectivity index (χ3v) is 2.43. The molecule has 0 aromatic rings. The van der Waals surface area contributed by atoms with Gasteiger partial charge in [-0.25, -0.2) is 0 Å². The van der Waals surface area contributed by atoms with Gasteiger partial charge in [0.05, 0.1) is 0 Å². The average molecular weight is 191 g/mol. The fourth-order valence-electron chi connectivity index (χ4n) is 1.58. The fourth-order valence-corrected chi connectivity index (χ4v) is 1.64. The summed E-state index contributed by atoms with van der Waals surface area (Å²) in [4.78, 5) is 10.8. The lowest BCUT2D eigenvalue weighted by molar-refractivity contribution is -0.146. The first kappa shape index (κ1) is 9.85. The maximum atomic E-state index is 10.8. The van der Waals surface area contributed by atoms with Gasteiger partial charge in [-0.15, -0.1) is 11.6 Å². The van der Waals surface area contributed by atoms with Gasteiger partial charge in [0.25, 0.3) is 0 Å². The molecule has 0 aromatic heterocycles. The van der Waals surface area contributed by atoms with Crippen LogP contribution >= 0.6 is 11.6 Å². The minimum atomic E-state index is -0.274. The second kappa shape index (κ2) is 5.41. The summed E-state index contributed by atoms with van der Waals surface area (Å²) >= 11 is 5.34. The van der Waals surface area contributed by atoms with Crippen molar-refractivity contribution >= 4 is 17.6 Å². The molecule has 0 heterocycles. The number of carbonyl (C=O) groups is 1. The molecule has 12 heavy (non-hydrogen) atoms. The number of hydrogen-bond donors (Lipinski definition) is 0. The predicted molar refractivity (Wildman–Crippen MR) is 48.3 cm³/mol. The second-order valence-electron chi connectivity index (χ2n) is 3.24. The molecule has 0 radical (unpaired) electrons. The lowest BCUT2D eigenvalue weighted by atomic mass is 10.1. The molecular formula is C9H15ClO2. The quantitative estimate of drug-likeness (QED) is 0.380. The van der Waals surface area contributed by atoms with Gasteiger partial charge in [-0.05, 0) is 25.7 Å². The molecule has 1 rings (SSSR count). The minimum Gasteiger partial charge on any atom is -0.461 e. The zero-order valence-corrected chi connectivity index (χ0v) is 7.98. The molecule has 0 saturated heterocycles. The van der Waals surface area contributed by atoms with Crippen LogP contribution in [-0.2, 0) is 9.53 Å². The number of halogens is 1. The highest BCUT2D eigenvalue weighted by atomic mass is 35.5. The summed E-state index contributed by atoms with van der Waals surface area (Å²) in [6.07, 6.45) is 7.08. The van der Waals surface area contributed by atoms with Crippen molar-refractivity contribution < 1.29 is 9.53 Å². The molecule has 1 fully saturated rings. The van der Waals surface area contributed by atoms with Gasteiger partial charge in [-0.3, -0.25) is 4.79 Å². The van der Waals surface area contributed by atoms with Gasteiger partial charge in [0, 0.05) is 0 Å². The molecule has 70 valence electrons. The molecule has 0 bridgehead atoms. The van der Waals surface area contributed by atoms with Crippen LogP contribution in [-0.4, -0.2) is 18.0 Å². The third-order valence-electron chi connectivity index (χ3n) is 2.21. The summed E-state index contributed by atoms with van der Waals surface area (Å²) in [5.74, 6) is -0.292. The molecule has 0 unspecified atom stereocenters. The maximum Gasteiger partial charge on any atom is 0.321 e. The van der Waals surface area contributed by atoms with Crippen molar-refractivity contribution in [2.75, 3.05) is 5.88 Å². The molecule has 0 N–H and O–H groups in total. The average Bonchev–Trinajstić information content (AvgIpc) is 2.33. The molecule has 1 saturated carbocycles.